The van der Waals surface area contributed by atoms with E-state index < -0.39 is 42.0 Å². The standard InChI is InChI=1S/C21H17F4N5O2/c22-10-1-2-13-12(5-10)19(31)30(21(13)3-4-29(20(21)32)9-17(24)25)8-11-6-15-16(27-11)7-14(23)18(26)28-15/h1-2,5-7,17,27H,3-4,8-9H2,(H2,26,28)/t21-/m0/s1. The third-order valence-corrected chi connectivity index (χ3v) is 6.07. The molecule has 2 aromatic heterocycles. The molecule has 7 nitrogen and oxygen atoms in total. The van der Waals surface area contributed by atoms with Gasteiger partial charge in [0.2, 0.25) is 0 Å². The fraction of sp³-hybridized carbons (Fsp3) is 0.286. The highest BCUT2D eigenvalue weighted by atomic mass is 19.3. The van der Waals surface area contributed by atoms with Gasteiger partial charge in [-0.15, -0.1) is 0 Å². The quantitative estimate of drug-likeness (QED) is 0.602. The molecule has 0 radical (unpaired) electrons. The summed E-state index contributed by atoms with van der Waals surface area (Å²) in [5, 5.41) is 0. The molecule has 1 aromatic carbocycles. The molecule has 0 bridgehead atoms. The van der Waals surface area contributed by atoms with Crippen molar-refractivity contribution < 1.29 is 27.2 Å². The van der Waals surface area contributed by atoms with Crippen molar-refractivity contribution in [1.82, 2.24) is 19.8 Å². The first kappa shape index (κ1) is 20.3. The zero-order chi connectivity index (χ0) is 22.8. The monoisotopic (exact) mass is 447 g/mol. The molecular weight excluding hydrogens is 430 g/mol. The molecule has 4 heterocycles. The third-order valence-electron chi connectivity index (χ3n) is 6.07. The van der Waals surface area contributed by atoms with Crippen LogP contribution >= 0.6 is 0 Å². The molecule has 1 spiro atoms. The van der Waals surface area contributed by atoms with Crippen molar-refractivity contribution in [2.75, 3.05) is 18.8 Å². The fourth-order valence-electron chi connectivity index (χ4n) is 4.69. The number of hydrogen-bond acceptors (Lipinski definition) is 4. The number of benzene rings is 1. The highest BCUT2D eigenvalue weighted by Gasteiger charge is 2.59. The van der Waals surface area contributed by atoms with Crippen LogP contribution in [0.2, 0.25) is 0 Å². The van der Waals surface area contributed by atoms with E-state index in [0.717, 1.165) is 23.1 Å². The number of amides is 2. The van der Waals surface area contributed by atoms with Gasteiger partial charge in [-0.2, -0.15) is 0 Å². The Hall–Kier alpha value is -3.63. The second-order valence-electron chi connectivity index (χ2n) is 7.92. The number of rotatable bonds is 4. The number of H-pyrrole nitrogens is 1. The van der Waals surface area contributed by atoms with Crippen LogP contribution in [0.4, 0.5) is 23.4 Å². The smallest absolute Gasteiger partial charge is 0.255 e. The molecule has 166 valence electrons. The number of halogens is 4. The van der Waals surface area contributed by atoms with Gasteiger partial charge in [-0.05, 0) is 18.2 Å². The number of nitrogens with zero attached hydrogens (tertiary/aromatic N) is 3. The van der Waals surface area contributed by atoms with Crippen molar-refractivity contribution >= 4 is 28.7 Å². The Morgan fingerprint density at radius 1 is 1.19 bits per heavy atom. The van der Waals surface area contributed by atoms with Crippen molar-refractivity contribution in [3.05, 3.63) is 58.8 Å². The number of anilines is 1. The molecular formula is C21H17F4N5O2. The van der Waals surface area contributed by atoms with Gasteiger partial charge in [-0.25, -0.2) is 22.5 Å². The van der Waals surface area contributed by atoms with E-state index in [2.05, 4.69) is 9.97 Å². The van der Waals surface area contributed by atoms with Crippen LogP contribution < -0.4 is 5.73 Å². The van der Waals surface area contributed by atoms with Crippen molar-refractivity contribution in [2.45, 2.75) is 24.9 Å². The van der Waals surface area contributed by atoms with Crippen LogP contribution in [-0.4, -0.2) is 51.1 Å². The SMILES string of the molecule is Nc1nc2cc(CN3C(=O)c4cc(F)ccc4[C@]34CCN(CC(F)F)C4=O)[nH]c2cc1F. The summed E-state index contributed by atoms with van der Waals surface area (Å²) in [5.74, 6) is -2.88. The molecule has 11 heteroatoms. The Morgan fingerprint density at radius 3 is 2.72 bits per heavy atom. The van der Waals surface area contributed by atoms with Gasteiger partial charge >= 0.3 is 0 Å². The van der Waals surface area contributed by atoms with Crippen LogP contribution in [-0.2, 0) is 16.9 Å². The van der Waals surface area contributed by atoms with Gasteiger partial charge < -0.3 is 20.5 Å². The maximum atomic E-state index is 13.9. The van der Waals surface area contributed by atoms with Crippen molar-refractivity contribution in [3.63, 3.8) is 0 Å². The number of alkyl halides is 2. The van der Waals surface area contributed by atoms with E-state index in [9.17, 15) is 27.2 Å². The van der Waals surface area contributed by atoms with Crippen LogP contribution in [0, 0.1) is 11.6 Å². The molecule has 3 aromatic rings. The average Bonchev–Trinajstić information content (AvgIpc) is 3.33. The number of nitrogens with one attached hydrogen (secondary N) is 1. The van der Waals surface area contributed by atoms with Crippen LogP contribution in [0.25, 0.3) is 11.0 Å². The number of fused-ring (bicyclic) bond motifs is 3. The maximum Gasteiger partial charge on any atom is 0.255 e. The Morgan fingerprint density at radius 2 is 1.97 bits per heavy atom. The van der Waals surface area contributed by atoms with Crippen LogP contribution in [0.5, 0.6) is 0 Å². The minimum atomic E-state index is -2.73. The Balaban J connectivity index is 1.59. The third kappa shape index (κ3) is 2.84. The van der Waals surface area contributed by atoms with E-state index >= 15 is 0 Å². The number of nitrogens with two attached hydrogens (primary N) is 1. The number of carbonyl (C=O) groups excluding carboxylic acids is 2. The van der Waals surface area contributed by atoms with Crippen LogP contribution in [0.1, 0.15) is 28.0 Å². The number of nitrogen functional groups attached to an aromatic ring is 1. The number of pyridine rings is 1. The minimum absolute atomic E-state index is 0.0155. The van der Waals surface area contributed by atoms with E-state index in [1.165, 1.54) is 11.0 Å². The van der Waals surface area contributed by atoms with Gasteiger partial charge in [0.25, 0.3) is 18.2 Å². The Labute approximate surface area is 178 Å². The van der Waals surface area contributed by atoms with Crippen molar-refractivity contribution in [3.8, 4) is 0 Å². The van der Waals surface area contributed by atoms with Gasteiger partial charge in [0.15, 0.2) is 11.6 Å². The molecule has 32 heavy (non-hydrogen) atoms. The van der Waals surface area contributed by atoms with E-state index in [-0.39, 0.29) is 36.5 Å². The van der Waals surface area contributed by atoms with Crippen LogP contribution in [0.3, 0.4) is 0 Å². The van der Waals surface area contributed by atoms with Gasteiger partial charge in [0.1, 0.15) is 11.4 Å². The summed E-state index contributed by atoms with van der Waals surface area (Å²) in [5.41, 5.74) is 5.42. The number of aromatic amines is 1. The zero-order valence-electron chi connectivity index (χ0n) is 16.5. The summed E-state index contributed by atoms with van der Waals surface area (Å²) >= 11 is 0. The summed E-state index contributed by atoms with van der Waals surface area (Å²) in [6.07, 6.45) is -2.64. The lowest BCUT2D eigenvalue weighted by Crippen LogP contribution is -2.49. The minimum Gasteiger partial charge on any atom is -0.381 e. The summed E-state index contributed by atoms with van der Waals surface area (Å²) < 4.78 is 53.7. The molecule has 2 aliphatic rings. The fourth-order valence-corrected chi connectivity index (χ4v) is 4.69. The molecule has 5 rings (SSSR count). The molecule has 3 N–H and O–H groups in total. The topological polar surface area (TPSA) is 95.3 Å². The van der Waals surface area contributed by atoms with Gasteiger partial charge in [0, 0.05) is 35.9 Å². The molecule has 0 unspecified atom stereocenters. The predicted octanol–water partition coefficient (Wildman–Crippen LogP) is 2.77. The molecule has 1 atom stereocenters. The van der Waals surface area contributed by atoms with Crippen molar-refractivity contribution in [1.29, 1.82) is 0 Å². The van der Waals surface area contributed by atoms with Gasteiger partial charge in [-0.1, -0.05) is 6.07 Å². The van der Waals surface area contributed by atoms with Crippen LogP contribution in [0.15, 0.2) is 30.3 Å². The molecule has 2 aliphatic heterocycles. The Kier molecular flexibility index (Phi) is 4.40. The second-order valence-corrected chi connectivity index (χ2v) is 7.92. The summed E-state index contributed by atoms with van der Waals surface area (Å²) in [6, 6.07) is 6.27. The first-order chi connectivity index (χ1) is 15.2. The largest absolute Gasteiger partial charge is 0.381 e. The first-order valence-electron chi connectivity index (χ1n) is 9.84. The number of likely N-dealkylation sites (tertiary alicyclic amines) is 1. The predicted molar refractivity (Wildman–Crippen MR) is 106 cm³/mol. The molecule has 1 fully saturated rings. The lowest BCUT2D eigenvalue weighted by atomic mass is 9.87. The lowest BCUT2D eigenvalue weighted by molar-refractivity contribution is -0.138. The number of carbonyl (C=O) groups is 2. The highest BCUT2D eigenvalue weighted by Crippen LogP contribution is 2.47. The molecule has 0 saturated carbocycles. The number of aromatic nitrogens is 2. The lowest BCUT2D eigenvalue weighted by Gasteiger charge is -2.34. The normalized spacial score (nSPS) is 20.4. The molecule has 0 aliphatic carbocycles. The Bertz CT molecular complexity index is 1240. The zero-order valence-corrected chi connectivity index (χ0v) is 16.5. The first-order valence-corrected chi connectivity index (χ1v) is 9.84. The number of hydrogen-bond donors (Lipinski definition) is 2. The summed E-state index contributed by atoms with van der Waals surface area (Å²) in [6.45, 7) is -0.852. The van der Waals surface area contributed by atoms with E-state index in [4.69, 9.17) is 5.73 Å². The average molecular weight is 447 g/mol. The highest BCUT2D eigenvalue weighted by molar-refractivity contribution is 6.07. The van der Waals surface area contributed by atoms with Gasteiger partial charge in [-0.3, -0.25) is 9.59 Å². The van der Waals surface area contributed by atoms with E-state index in [1.54, 1.807) is 6.07 Å². The molecule has 1 saturated heterocycles. The van der Waals surface area contributed by atoms with Crippen molar-refractivity contribution in [2.24, 2.45) is 0 Å². The second kappa shape index (κ2) is 6.94. The summed E-state index contributed by atoms with van der Waals surface area (Å²) in [7, 11) is 0. The van der Waals surface area contributed by atoms with Gasteiger partial charge in [0.05, 0.1) is 24.1 Å². The van der Waals surface area contributed by atoms with E-state index in [0.29, 0.717) is 16.7 Å². The summed E-state index contributed by atoms with van der Waals surface area (Å²) in [4.78, 5) is 35.8. The van der Waals surface area contributed by atoms with E-state index in [1.807, 2.05) is 0 Å². The maximum absolute atomic E-state index is 13.9. The molecule has 2 amide bonds.